The third kappa shape index (κ3) is 5.72. The molecule has 0 aliphatic carbocycles. The van der Waals surface area contributed by atoms with Gasteiger partial charge in [-0.2, -0.15) is 0 Å². The first-order chi connectivity index (χ1) is 16.1. The number of carbonyl (C=O) groups excluding carboxylic acids is 1. The van der Waals surface area contributed by atoms with Gasteiger partial charge >= 0.3 is 0 Å². The van der Waals surface area contributed by atoms with Crippen molar-refractivity contribution in [3.05, 3.63) is 87.4 Å². The number of halogens is 1. The molecule has 0 aliphatic heterocycles. The van der Waals surface area contributed by atoms with Crippen LogP contribution in [0.15, 0.2) is 59.5 Å². The number of amides is 1. The van der Waals surface area contributed by atoms with Gasteiger partial charge in [-0.25, -0.2) is 8.42 Å². The maximum Gasteiger partial charge on any atom is 0.263 e. The van der Waals surface area contributed by atoms with E-state index in [0.29, 0.717) is 12.1 Å². The second-order valence-corrected chi connectivity index (χ2v) is 10.3. The second kappa shape index (κ2) is 10.5. The van der Waals surface area contributed by atoms with E-state index in [1.165, 1.54) is 18.2 Å². The highest BCUT2D eigenvalue weighted by Gasteiger charge is 2.22. The average Bonchev–Trinajstić information content (AvgIpc) is 2.79. The molecular formula is C26H29ClN2O4S. The van der Waals surface area contributed by atoms with Gasteiger partial charge in [0, 0.05) is 5.56 Å². The van der Waals surface area contributed by atoms with Crippen LogP contribution in [0.1, 0.15) is 52.0 Å². The number of nitrogens with one attached hydrogen (secondary N) is 2. The van der Waals surface area contributed by atoms with Crippen LogP contribution in [0.4, 0.5) is 5.69 Å². The van der Waals surface area contributed by atoms with Gasteiger partial charge in [-0.3, -0.25) is 9.52 Å². The zero-order valence-corrected chi connectivity index (χ0v) is 21.5. The summed E-state index contributed by atoms with van der Waals surface area (Å²) in [7, 11) is -2.40. The normalized spacial score (nSPS) is 12.2. The standard InChI is InChI=1S/C26H29ClN2O4S/c1-6-22(19-9-12-24(33-5)18(4)14-19)28-26(30)20-8-10-21(27)25(15-20)34(31,32)29-23-11-7-16(2)13-17(23)3/h7-15,22,29H,6H2,1-5H3,(H,28,30)/t22-/m1/s1. The fourth-order valence-electron chi connectivity index (χ4n) is 3.76. The Morgan fingerprint density at radius 1 is 1.00 bits per heavy atom. The summed E-state index contributed by atoms with van der Waals surface area (Å²) in [4.78, 5) is 12.9. The molecule has 0 saturated carbocycles. The summed E-state index contributed by atoms with van der Waals surface area (Å²) in [5, 5.41) is 3.02. The molecule has 0 fully saturated rings. The summed E-state index contributed by atoms with van der Waals surface area (Å²) in [5.41, 5.74) is 4.37. The molecule has 2 N–H and O–H groups in total. The van der Waals surface area contributed by atoms with Crippen molar-refractivity contribution in [1.29, 1.82) is 0 Å². The molecule has 0 heterocycles. The minimum atomic E-state index is -4.01. The van der Waals surface area contributed by atoms with Crippen LogP contribution >= 0.6 is 11.6 Å². The molecule has 0 aliphatic rings. The summed E-state index contributed by atoms with van der Waals surface area (Å²) < 4.78 is 34.1. The fraction of sp³-hybridized carbons (Fsp3) is 0.269. The molecule has 0 spiro atoms. The maximum absolute atomic E-state index is 13.1. The van der Waals surface area contributed by atoms with Gasteiger partial charge in [0.2, 0.25) is 0 Å². The number of hydrogen-bond acceptors (Lipinski definition) is 4. The summed E-state index contributed by atoms with van der Waals surface area (Å²) in [6.07, 6.45) is 0.657. The van der Waals surface area contributed by atoms with E-state index in [9.17, 15) is 13.2 Å². The van der Waals surface area contributed by atoms with E-state index in [4.69, 9.17) is 16.3 Å². The number of hydrogen-bond donors (Lipinski definition) is 2. The zero-order chi connectivity index (χ0) is 25.0. The van der Waals surface area contributed by atoms with Gasteiger partial charge in [-0.1, -0.05) is 48.4 Å². The minimum absolute atomic E-state index is 0.0339. The molecule has 1 amide bonds. The molecule has 1 atom stereocenters. The lowest BCUT2D eigenvalue weighted by Crippen LogP contribution is -2.28. The smallest absolute Gasteiger partial charge is 0.263 e. The number of methoxy groups -OCH3 is 1. The van der Waals surface area contributed by atoms with Crippen molar-refractivity contribution in [3.63, 3.8) is 0 Å². The minimum Gasteiger partial charge on any atom is -0.496 e. The maximum atomic E-state index is 13.1. The first-order valence-corrected chi connectivity index (χ1v) is 12.8. The number of aryl methyl sites for hydroxylation is 3. The summed E-state index contributed by atoms with van der Waals surface area (Å²) in [6.45, 7) is 7.66. The van der Waals surface area contributed by atoms with E-state index in [2.05, 4.69) is 10.0 Å². The lowest BCUT2D eigenvalue weighted by Gasteiger charge is -2.19. The molecule has 3 aromatic carbocycles. The lowest BCUT2D eigenvalue weighted by molar-refractivity contribution is 0.0935. The summed E-state index contributed by atoms with van der Waals surface area (Å²) in [5.74, 6) is 0.383. The number of carbonyl (C=O) groups is 1. The van der Waals surface area contributed by atoms with Crippen LogP contribution in [0.5, 0.6) is 5.75 Å². The predicted molar refractivity (Wildman–Crippen MR) is 136 cm³/mol. The van der Waals surface area contributed by atoms with Gasteiger partial charge < -0.3 is 10.1 Å². The molecule has 0 bridgehead atoms. The van der Waals surface area contributed by atoms with E-state index >= 15 is 0 Å². The van der Waals surface area contributed by atoms with Gasteiger partial charge in [-0.15, -0.1) is 0 Å². The van der Waals surface area contributed by atoms with Crippen molar-refractivity contribution in [1.82, 2.24) is 5.32 Å². The van der Waals surface area contributed by atoms with Crippen LogP contribution in [0.25, 0.3) is 0 Å². The quantitative estimate of drug-likeness (QED) is 0.400. The van der Waals surface area contributed by atoms with Crippen molar-refractivity contribution in [2.24, 2.45) is 0 Å². The Bertz CT molecular complexity index is 1320. The number of ether oxygens (including phenoxy) is 1. The molecule has 6 nitrogen and oxygen atoms in total. The predicted octanol–water partition coefficient (Wildman–Crippen LogP) is 5.96. The number of rotatable bonds is 8. The van der Waals surface area contributed by atoms with Crippen LogP contribution in [-0.2, 0) is 10.0 Å². The highest BCUT2D eigenvalue weighted by molar-refractivity contribution is 7.92. The molecule has 180 valence electrons. The van der Waals surface area contributed by atoms with Gasteiger partial charge in [0.25, 0.3) is 15.9 Å². The van der Waals surface area contributed by atoms with Gasteiger partial charge in [0.15, 0.2) is 0 Å². The third-order valence-corrected chi connectivity index (χ3v) is 7.49. The van der Waals surface area contributed by atoms with Crippen molar-refractivity contribution in [2.45, 2.75) is 45.1 Å². The Hall–Kier alpha value is -3.03. The first-order valence-electron chi connectivity index (χ1n) is 10.9. The molecule has 3 aromatic rings. The molecule has 34 heavy (non-hydrogen) atoms. The van der Waals surface area contributed by atoms with Gasteiger partial charge in [-0.05, 0) is 74.2 Å². The molecule has 0 radical (unpaired) electrons. The summed E-state index contributed by atoms with van der Waals surface area (Å²) in [6, 6.07) is 15.1. The molecule has 0 unspecified atom stereocenters. The molecule has 0 saturated heterocycles. The third-order valence-electron chi connectivity index (χ3n) is 5.64. The van der Waals surface area contributed by atoms with Crippen LogP contribution in [0.2, 0.25) is 5.02 Å². The Balaban J connectivity index is 1.86. The van der Waals surface area contributed by atoms with E-state index in [-0.39, 0.29) is 27.4 Å². The van der Waals surface area contributed by atoms with E-state index in [1.54, 1.807) is 13.2 Å². The number of benzene rings is 3. The van der Waals surface area contributed by atoms with E-state index in [1.807, 2.05) is 58.0 Å². The topological polar surface area (TPSA) is 84.5 Å². The van der Waals surface area contributed by atoms with Crippen LogP contribution in [-0.4, -0.2) is 21.4 Å². The van der Waals surface area contributed by atoms with Gasteiger partial charge in [0.1, 0.15) is 10.6 Å². The monoisotopic (exact) mass is 500 g/mol. The van der Waals surface area contributed by atoms with E-state index < -0.39 is 10.0 Å². The molecule has 8 heteroatoms. The van der Waals surface area contributed by atoms with Crippen molar-refractivity contribution >= 4 is 33.2 Å². The average molecular weight is 501 g/mol. The Morgan fingerprint density at radius 2 is 1.74 bits per heavy atom. The Morgan fingerprint density at radius 3 is 2.35 bits per heavy atom. The lowest BCUT2D eigenvalue weighted by atomic mass is 10.0. The Labute approximate surface area is 206 Å². The molecule has 0 aromatic heterocycles. The first kappa shape index (κ1) is 25.6. The summed E-state index contributed by atoms with van der Waals surface area (Å²) >= 11 is 6.23. The van der Waals surface area contributed by atoms with Gasteiger partial charge in [0.05, 0.1) is 23.9 Å². The second-order valence-electron chi connectivity index (χ2n) is 8.23. The number of sulfonamides is 1. The van der Waals surface area contributed by atoms with Crippen LogP contribution < -0.4 is 14.8 Å². The van der Waals surface area contributed by atoms with Crippen molar-refractivity contribution in [3.8, 4) is 5.75 Å². The highest BCUT2D eigenvalue weighted by Crippen LogP contribution is 2.28. The zero-order valence-electron chi connectivity index (χ0n) is 19.9. The Kier molecular flexibility index (Phi) is 7.89. The van der Waals surface area contributed by atoms with E-state index in [0.717, 1.165) is 28.0 Å². The molecule has 3 rings (SSSR count). The highest BCUT2D eigenvalue weighted by atomic mass is 35.5. The van der Waals surface area contributed by atoms with Crippen molar-refractivity contribution in [2.75, 3.05) is 11.8 Å². The number of anilines is 1. The van der Waals surface area contributed by atoms with Crippen LogP contribution in [0.3, 0.4) is 0 Å². The largest absolute Gasteiger partial charge is 0.496 e. The van der Waals surface area contributed by atoms with Crippen LogP contribution in [0, 0.1) is 20.8 Å². The van der Waals surface area contributed by atoms with Crippen molar-refractivity contribution < 1.29 is 17.9 Å². The fourth-order valence-corrected chi connectivity index (χ4v) is 5.42. The molecular weight excluding hydrogens is 472 g/mol. The SMILES string of the molecule is CC[C@@H](NC(=O)c1ccc(Cl)c(S(=O)(=O)Nc2ccc(C)cc2C)c1)c1ccc(OC)c(C)c1.